The van der Waals surface area contributed by atoms with Crippen LogP contribution >= 0.6 is 0 Å². The number of ether oxygens (including phenoxy) is 1. The second kappa shape index (κ2) is 6.09. The molecule has 0 aliphatic heterocycles. The fourth-order valence-electron chi connectivity index (χ4n) is 1.89. The zero-order valence-electron chi connectivity index (χ0n) is 11.1. The van der Waals surface area contributed by atoms with Gasteiger partial charge in [0.2, 0.25) is 0 Å². The molecule has 0 fully saturated rings. The first-order valence-electron chi connectivity index (χ1n) is 5.91. The number of carbonyl (C=O) groups is 1. The van der Waals surface area contributed by atoms with E-state index < -0.39 is 10.9 Å². The fraction of sp³-hybridized carbons (Fsp3) is 0.250. The number of hydrogen-bond acceptors (Lipinski definition) is 6. The van der Waals surface area contributed by atoms with Gasteiger partial charge in [-0.3, -0.25) is 10.1 Å². The maximum absolute atomic E-state index is 11.1. The smallest absolute Gasteiger partial charge is 0.358 e. The predicted octanol–water partition coefficient (Wildman–Crippen LogP) is 1.08. The van der Waals surface area contributed by atoms with E-state index in [9.17, 15) is 14.9 Å². The molecule has 0 aliphatic rings. The molecule has 0 unspecified atom stereocenters. The second-order valence-electron chi connectivity index (χ2n) is 4.17. The second-order valence-corrected chi connectivity index (χ2v) is 4.17. The highest BCUT2D eigenvalue weighted by atomic mass is 16.6. The van der Waals surface area contributed by atoms with Gasteiger partial charge in [-0.25, -0.2) is 9.48 Å². The highest BCUT2D eigenvalue weighted by Crippen LogP contribution is 2.19. The molecule has 2 rings (SSSR count). The van der Waals surface area contributed by atoms with E-state index in [0.717, 1.165) is 0 Å². The molecule has 0 saturated heterocycles. The Hall–Kier alpha value is -2.81. The van der Waals surface area contributed by atoms with Crippen molar-refractivity contribution in [1.29, 1.82) is 0 Å². The summed E-state index contributed by atoms with van der Waals surface area (Å²) in [5.74, 6) is -1.23. The molecule has 110 valence electrons. The van der Waals surface area contributed by atoms with Crippen molar-refractivity contribution in [1.82, 2.24) is 15.0 Å². The van der Waals surface area contributed by atoms with Crippen LogP contribution in [0.15, 0.2) is 24.3 Å². The molecular formula is C12H12N4O5. The number of methoxy groups -OCH3 is 1. The molecule has 0 saturated carbocycles. The Labute approximate surface area is 118 Å². The van der Waals surface area contributed by atoms with Crippen LogP contribution in [0, 0.1) is 10.1 Å². The van der Waals surface area contributed by atoms with E-state index >= 15 is 0 Å². The van der Waals surface area contributed by atoms with E-state index in [4.69, 9.17) is 9.84 Å². The molecule has 9 nitrogen and oxygen atoms in total. The van der Waals surface area contributed by atoms with Gasteiger partial charge in [0.05, 0.1) is 29.3 Å². The monoisotopic (exact) mass is 292 g/mol. The van der Waals surface area contributed by atoms with Crippen LogP contribution < -0.4 is 0 Å². The molecular weight excluding hydrogens is 280 g/mol. The molecule has 1 aromatic carbocycles. The molecule has 9 heteroatoms. The van der Waals surface area contributed by atoms with Crippen LogP contribution in [0.4, 0.5) is 5.69 Å². The van der Waals surface area contributed by atoms with Crippen molar-refractivity contribution in [3.63, 3.8) is 0 Å². The normalized spacial score (nSPS) is 10.5. The van der Waals surface area contributed by atoms with Gasteiger partial charge in [-0.15, -0.1) is 5.10 Å². The number of nitro groups is 1. The average Bonchev–Trinajstić information content (AvgIpc) is 2.83. The van der Waals surface area contributed by atoms with Crippen molar-refractivity contribution in [3.05, 3.63) is 51.3 Å². The topological polar surface area (TPSA) is 120 Å². The number of para-hydroxylation sites is 1. The van der Waals surface area contributed by atoms with Crippen molar-refractivity contribution in [2.24, 2.45) is 0 Å². The summed E-state index contributed by atoms with van der Waals surface area (Å²) in [6, 6.07) is 6.17. The van der Waals surface area contributed by atoms with Crippen LogP contribution in [0.2, 0.25) is 0 Å². The van der Waals surface area contributed by atoms with Gasteiger partial charge in [-0.2, -0.15) is 0 Å². The summed E-state index contributed by atoms with van der Waals surface area (Å²) in [7, 11) is 1.41. The standard InChI is InChI=1S/C12H12N4O5/c1-21-7-10-11(12(17)18)13-14-15(10)6-8-4-2-3-5-9(8)16(19)20/h2-5H,6-7H2,1H3,(H,17,18). The Balaban J connectivity index is 2.40. The van der Waals surface area contributed by atoms with Crippen LogP contribution in [0.25, 0.3) is 0 Å². The Bertz CT molecular complexity index is 682. The highest BCUT2D eigenvalue weighted by Gasteiger charge is 2.21. The van der Waals surface area contributed by atoms with Gasteiger partial charge in [-0.05, 0) is 0 Å². The summed E-state index contributed by atoms with van der Waals surface area (Å²) >= 11 is 0. The third kappa shape index (κ3) is 3.03. The third-order valence-electron chi connectivity index (χ3n) is 2.83. The molecule has 2 aromatic rings. The van der Waals surface area contributed by atoms with Gasteiger partial charge in [-0.1, -0.05) is 23.4 Å². The number of aromatic nitrogens is 3. The number of nitrogens with zero attached hydrogens (tertiary/aromatic N) is 4. The number of carboxylic acid groups (broad SMARTS) is 1. The van der Waals surface area contributed by atoms with Gasteiger partial charge >= 0.3 is 5.97 Å². The van der Waals surface area contributed by atoms with Crippen LogP contribution in [-0.2, 0) is 17.9 Å². The van der Waals surface area contributed by atoms with Crippen molar-refractivity contribution in [2.75, 3.05) is 7.11 Å². The molecule has 0 amide bonds. The van der Waals surface area contributed by atoms with Gasteiger partial charge < -0.3 is 9.84 Å². The summed E-state index contributed by atoms with van der Waals surface area (Å²) < 4.78 is 6.22. The zero-order valence-corrected chi connectivity index (χ0v) is 11.1. The minimum Gasteiger partial charge on any atom is -0.476 e. The van der Waals surface area contributed by atoms with Gasteiger partial charge in [0.25, 0.3) is 5.69 Å². The Morgan fingerprint density at radius 1 is 1.48 bits per heavy atom. The van der Waals surface area contributed by atoms with E-state index in [-0.39, 0.29) is 30.2 Å². The van der Waals surface area contributed by atoms with Crippen molar-refractivity contribution < 1.29 is 19.6 Å². The van der Waals surface area contributed by atoms with E-state index in [1.807, 2.05) is 0 Å². The SMILES string of the molecule is COCc1c(C(=O)O)nnn1Cc1ccccc1[N+](=O)[O-]. The fourth-order valence-corrected chi connectivity index (χ4v) is 1.89. The minimum absolute atomic E-state index is 0.00470. The molecule has 1 heterocycles. The van der Waals surface area contributed by atoms with E-state index in [0.29, 0.717) is 5.56 Å². The molecule has 0 atom stereocenters. The first kappa shape index (κ1) is 14.6. The number of aromatic carboxylic acids is 1. The largest absolute Gasteiger partial charge is 0.476 e. The van der Waals surface area contributed by atoms with Gasteiger partial charge in [0.15, 0.2) is 5.69 Å². The average molecular weight is 292 g/mol. The number of carboxylic acids is 1. The molecule has 0 aliphatic carbocycles. The Kier molecular flexibility index (Phi) is 4.24. The van der Waals surface area contributed by atoms with Crippen LogP contribution in [0.5, 0.6) is 0 Å². The molecule has 0 radical (unpaired) electrons. The van der Waals surface area contributed by atoms with E-state index in [1.54, 1.807) is 18.2 Å². The molecule has 1 N–H and O–H groups in total. The Morgan fingerprint density at radius 2 is 2.19 bits per heavy atom. The number of rotatable bonds is 6. The lowest BCUT2D eigenvalue weighted by Crippen LogP contribution is -2.11. The Morgan fingerprint density at radius 3 is 2.81 bits per heavy atom. The summed E-state index contributed by atoms with van der Waals surface area (Å²) in [4.78, 5) is 21.5. The summed E-state index contributed by atoms with van der Waals surface area (Å²) in [6.45, 7) is 0.0331. The van der Waals surface area contributed by atoms with Crippen molar-refractivity contribution >= 4 is 11.7 Å². The maximum Gasteiger partial charge on any atom is 0.358 e. The number of hydrogen-bond donors (Lipinski definition) is 1. The number of benzene rings is 1. The van der Waals surface area contributed by atoms with Crippen LogP contribution in [-0.4, -0.2) is 38.1 Å². The lowest BCUT2D eigenvalue weighted by atomic mass is 10.2. The summed E-state index contributed by atoms with van der Waals surface area (Å²) in [6.07, 6.45) is 0. The quantitative estimate of drug-likeness (QED) is 0.624. The first-order chi connectivity index (χ1) is 10.0. The molecule has 1 aromatic heterocycles. The first-order valence-corrected chi connectivity index (χ1v) is 5.91. The molecule has 0 spiro atoms. The van der Waals surface area contributed by atoms with Crippen molar-refractivity contribution in [3.8, 4) is 0 Å². The molecule has 21 heavy (non-hydrogen) atoms. The van der Waals surface area contributed by atoms with Gasteiger partial charge in [0.1, 0.15) is 0 Å². The van der Waals surface area contributed by atoms with E-state index in [2.05, 4.69) is 10.3 Å². The summed E-state index contributed by atoms with van der Waals surface area (Å²) in [5.41, 5.74) is 0.369. The maximum atomic E-state index is 11.1. The lowest BCUT2D eigenvalue weighted by molar-refractivity contribution is -0.385. The van der Waals surface area contributed by atoms with Crippen LogP contribution in [0.3, 0.4) is 0 Å². The summed E-state index contributed by atoms with van der Waals surface area (Å²) in [5, 5.41) is 27.3. The molecule has 0 bridgehead atoms. The lowest BCUT2D eigenvalue weighted by Gasteiger charge is -2.07. The van der Waals surface area contributed by atoms with Crippen LogP contribution in [0.1, 0.15) is 21.7 Å². The van der Waals surface area contributed by atoms with Gasteiger partial charge in [0, 0.05) is 13.2 Å². The third-order valence-corrected chi connectivity index (χ3v) is 2.83. The predicted molar refractivity (Wildman–Crippen MR) is 69.9 cm³/mol. The highest BCUT2D eigenvalue weighted by molar-refractivity contribution is 5.86. The zero-order chi connectivity index (χ0) is 15.4. The van der Waals surface area contributed by atoms with E-state index in [1.165, 1.54) is 17.9 Å². The number of nitro benzene ring substituents is 1. The van der Waals surface area contributed by atoms with Crippen molar-refractivity contribution in [2.45, 2.75) is 13.2 Å². The minimum atomic E-state index is -1.23.